The van der Waals surface area contributed by atoms with Gasteiger partial charge in [-0.1, -0.05) is 23.9 Å². The number of carbonyl (C=O) groups excluding carboxylic acids is 1. The van der Waals surface area contributed by atoms with Crippen LogP contribution < -0.4 is 10.6 Å². The Kier molecular flexibility index (Phi) is 6.61. The fourth-order valence-corrected chi connectivity index (χ4v) is 3.11. The number of hydrogen-bond donors (Lipinski definition) is 2. The topological polar surface area (TPSA) is 41.1 Å². The number of halogens is 5. The van der Waals surface area contributed by atoms with Gasteiger partial charge in [0.05, 0.1) is 16.8 Å². The highest BCUT2D eigenvalue weighted by molar-refractivity contribution is 7.99. The highest BCUT2D eigenvalue weighted by atomic mass is 32.2. The van der Waals surface area contributed by atoms with Crippen LogP contribution >= 0.6 is 11.8 Å². The van der Waals surface area contributed by atoms with Gasteiger partial charge < -0.3 is 10.6 Å². The molecule has 1 amide bonds. The van der Waals surface area contributed by atoms with Crippen molar-refractivity contribution in [3.8, 4) is 0 Å². The molecule has 0 aliphatic carbocycles. The van der Waals surface area contributed by atoms with Crippen molar-refractivity contribution in [2.24, 2.45) is 0 Å². The van der Waals surface area contributed by atoms with E-state index in [1.165, 1.54) is 24.3 Å². The molecule has 0 heterocycles. The van der Waals surface area contributed by atoms with Crippen molar-refractivity contribution in [1.29, 1.82) is 0 Å². The van der Waals surface area contributed by atoms with Crippen molar-refractivity contribution in [2.75, 3.05) is 10.6 Å². The normalized spacial score (nSPS) is 11.4. The molecule has 3 aromatic rings. The van der Waals surface area contributed by atoms with E-state index >= 15 is 0 Å². The molecular weight excluding hydrogens is 423 g/mol. The number of para-hydroxylation sites is 1. The van der Waals surface area contributed by atoms with E-state index in [2.05, 4.69) is 10.6 Å². The largest absolute Gasteiger partial charge is 0.416 e. The van der Waals surface area contributed by atoms with E-state index in [1.807, 2.05) is 0 Å². The molecule has 0 saturated heterocycles. The number of carbonyl (C=O) groups is 1. The first-order valence-corrected chi connectivity index (χ1v) is 9.50. The molecule has 0 radical (unpaired) electrons. The van der Waals surface area contributed by atoms with Crippen molar-refractivity contribution in [3.63, 3.8) is 0 Å². The highest BCUT2D eigenvalue weighted by Crippen LogP contribution is 2.30. The summed E-state index contributed by atoms with van der Waals surface area (Å²) in [6.07, 6.45) is -4.46. The summed E-state index contributed by atoms with van der Waals surface area (Å²) >= 11 is 0.430. The SMILES string of the molecule is O=C(Nc1ccc(C(F)(F)F)cc1)c1ccccc1Nc1ccc(SC(F)F)cc1. The number of hydrogen-bond acceptors (Lipinski definition) is 3. The molecule has 0 atom stereocenters. The fraction of sp³-hybridized carbons (Fsp3) is 0.0952. The maximum absolute atomic E-state index is 12.7. The number of anilines is 3. The Morgan fingerprint density at radius 1 is 0.833 bits per heavy atom. The summed E-state index contributed by atoms with van der Waals surface area (Å²) in [6.45, 7) is 0. The van der Waals surface area contributed by atoms with Crippen molar-refractivity contribution < 1.29 is 26.7 Å². The molecule has 0 bridgehead atoms. The molecule has 0 unspecified atom stereocenters. The molecule has 3 aromatic carbocycles. The maximum atomic E-state index is 12.7. The third-order valence-electron chi connectivity index (χ3n) is 4.00. The lowest BCUT2D eigenvalue weighted by molar-refractivity contribution is -0.137. The molecule has 30 heavy (non-hydrogen) atoms. The van der Waals surface area contributed by atoms with Crippen LogP contribution in [0.3, 0.4) is 0 Å². The van der Waals surface area contributed by atoms with E-state index < -0.39 is 23.4 Å². The van der Waals surface area contributed by atoms with E-state index in [4.69, 9.17) is 0 Å². The molecule has 0 saturated carbocycles. The molecular formula is C21H15F5N2OS. The minimum absolute atomic E-state index is 0.219. The lowest BCUT2D eigenvalue weighted by Gasteiger charge is -2.13. The summed E-state index contributed by atoms with van der Waals surface area (Å²) in [5.74, 6) is -3.03. The molecule has 0 aliphatic heterocycles. The van der Waals surface area contributed by atoms with Crippen LogP contribution in [0.4, 0.5) is 39.0 Å². The maximum Gasteiger partial charge on any atom is 0.416 e. The van der Waals surface area contributed by atoms with Gasteiger partial charge in [-0.15, -0.1) is 0 Å². The van der Waals surface area contributed by atoms with Crippen LogP contribution in [-0.4, -0.2) is 11.7 Å². The van der Waals surface area contributed by atoms with Crippen LogP contribution in [0.15, 0.2) is 77.7 Å². The van der Waals surface area contributed by atoms with Crippen LogP contribution in [-0.2, 0) is 6.18 Å². The van der Waals surface area contributed by atoms with E-state index in [0.29, 0.717) is 28.0 Å². The van der Waals surface area contributed by atoms with Gasteiger partial charge in [-0.05, 0) is 60.7 Å². The number of rotatable bonds is 6. The Balaban J connectivity index is 1.73. The van der Waals surface area contributed by atoms with E-state index in [9.17, 15) is 26.7 Å². The van der Waals surface area contributed by atoms with Crippen LogP contribution in [0, 0.1) is 0 Å². The highest BCUT2D eigenvalue weighted by Gasteiger charge is 2.30. The number of alkyl halides is 5. The molecule has 0 aliphatic rings. The predicted octanol–water partition coefficient (Wildman–Crippen LogP) is 7.02. The Morgan fingerprint density at radius 2 is 1.43 bits per heavy atom. The molecule has 3 rings (SSSR count). The summed E-state index contributed by atoms with van der Waals surface area (Å²) in [7, 11) is 0. The van der Waals surface area contributed by atoms with Gasteiger partial charge in [-0.2, -0.15) is 22.0 Å². The van der Waals surface area contributed by atoms with E-state index in [-0.39, 0.29) is 11.3 Å². The zero-order chi connectivity index (χ0) is 21.7. The summed E-state index contributed by atoms with van der Waals surface area (Å²) < 4.78 is 62.8. The van der Waals surface area contributed by atoms with Crippen LogP contribution in [0.5, 0.6) is 0 Å². The first kappa shape index (κ1) is 21.6. The van der Waals surface area contributed by atoms with Gasteiger partial charge in [0.2, 0.25) is 0 Å². The zero-order valence-corrected chi connectivity index (χ0v) is 16.0. The van der Waals surface area contributed by atoms with Crippen molar-refractivity contribution in [2.45, 2.75) is 16.8 Å². The van der Waals surface area contributed by atoms with Gasteiger partial charge >= 0.3 is 6.18 Å². The summed E-state index contributed by atoms with van der Waals surface area (Å²) in [5, 5.41) is 5.60. The van der Waals surface area contributed by atoms with Gasteiger partial charge in [-0.3, -0.25) is 4.79 Å². The standard InChI is InChI=1S/C21H15F5N2OS/c22-20(23)30-16-11-9-14(10-12-16)27-18-4-2-1-3-17(18)19(29)28-15-7-5-13(6-8-15)21(24,25)26/h1-12,20,27H,(H,28,29). The van der Waals surface area contributed by atoms with Crippen LogP contribution in [0.25, 0.3) is 0 Å². The third kappa shape index (κ3) is 5.73. The predicted molar refractivity (Wildman–Crippen MR) is 107 cm³/mol. The average Bonchev–Trinajstić information content (AvgIpc) is 2.69. The van der Waals surface area contributed by atoms with Crippen molar-refractivity contribution in [3.05, 3.63) is 83.9 Å². The van der Waals surface area contributed by atoms with Gasteiger partial charge in [-0.25, -0.2) is 0 Å². The smallest absolute Gasteiger partial charge is 0.355 e. The van der Waals surface area contributed by atoms with Gasteiger partial charge in [0.1, 0.15) is 0 Å². The quantitative estimate of drug-likeness (QED) is 0.321. The van der Waals surface area contributed by atoms with E-state index in [1.54, 1.807) is 36.4 Å². The number of nitrogens with one attached hydrogen (secondary N) is 2. The van der Waals surface area contributed by atoms with Gasteiger partial charge in [0, 0.05) is 16.3 Å². The Morgan fingerprint density at radius 3 is 2.03 bits per heavy atom. The number of benzene rings is 3. The second-order valence-electron chi connectivity index (χ2n) is 6.10. The summed E-state index contributed by atoms with van der Waals surface area (Å²) in [6, 6.07) is 17.0. The second-order valence-corrected chi connectivity index (χ2v) is 7.17. The molecule has 9 heteroatoms. The molecule has 0 spiro atoms. The van der Waals surface area contributed by atoms with Crippen molar-refractivity contribution in [1.82, 2.24) is 0 Å². The minimum Gasteiger partial charge on any atom is -0.355 e. The Labute approximate surface area is 173 Å². The van der Waals surface area contributed by atoms with Crippen LogP contribution in [0.1, 0.15) is 15.9 Å². The van der Waals surface area contributed by atoms with Gasteiger partial charge in [0.15, 0.2) is 0 Å². The molecule has 0 fully saturated rings. The molecule has 0 aromatic heterocycles. The molecule has 2 N–H and O–H groups in total. The lowest BCUT2D eigenvalue weighted by Crippen LogP contribution is -2.14. The third-order valence-corrected chi connectivity index (χ3v) is 4.72. The first-order valence-electron chi connectivity index (χ1n) is 8.62. The van der Waals surface area contributed by atoms with Gasteiger partial charge in [0.25, 0.3) is 11.7 Å². The zero-order valence-electron chi connectivity index (χ0n) is 15.2. The molecule has 3 nitrogen and oxygen atoms in total. The van der Waals surface area contributed by atoms with E-state index in [0.717, 1.165) is 12.1 Å². The van der Waals surface area contributed by atoms with Crippen LogP contribution in [0.2, 0.25) is 0 Å². The number of amides is 1. The fourth-order valence-electron chi connectivity index (χ4n) is 2.61. The monoisotopic (exact) mass is 438 g/mol. The Bertz CT molecular complexity index is 1010. The minimum atomic E-state index is -4.46. The molecule has 156 valence electrons. The van der Waals surface area contributed by atoms with Crippen molar-refractivity contribution >= 4 is 34.7 Å². The summed E-state index contributed by atoms with van der Waals surface area (Å²) in [5.41, 5.74) is 0.718. The average molecular weight is 438 g/mol. The lowest BCUT2D eigenvalue weighted by atomic mass is 10.1. The summed E-state index contributed by atoms with van der Waals surface area (Å²) in [4.78, 5) is 13.0. The Hall–Kier alpha value is -3.07. The second kappa shape index (κ2) is 9.17. The number of thioether (sulfide) groups is 1. The first-order chi connectivity index (χ1) is 14.2.